The predicted octanol–water partition coefficient (Wildman–Crippen LogP) is 3.25. The normalized spacial score (nSPS) is 10.1. The standard InChI is InChI=1S/C18H15Cl2NO5/c1-25-17(23)12-7-5-11(6-8-12)9-21-15(22)10-26-18(24)16-13(19)3-2-4-14(16)20/h2-8H,9-10H2,1H3,(H,21,22). The Balaban J connectivity index is 1.84. The Kier molecular flexibility index (Phi) is 7.00. The van der Waals surface area contributed by atoms with Crippen molar-refractivity contribution in [1.29, 1.82) is 0 Å². The van der Waals surface area contributed by atoms with Crippen LogP contribution in [0.4, 0.5) is 0 Å². The fraction of sp³-hybridized carbons (Fsp3) is 0.167. The molecule has 0 heterocycles. The van der Waals surface area contributed by atoms with Gasteiger partial charge >= 0.3 is 11.9 Å². The van der Waals surface area contributed by atoms with Gasteiger partial charge in [0.15, 0.2) is 6.61 Å². The van der Waals surface area contributed by atoms with Crippen LogP contribution in [-0.2, 0) is 20.8 Å². The Morgan fingerprint density at radius 2 is 1.58 bits per heavy atom. The first-order valence-electron chi connectivity index (χ1n) is 7.47. The average molecular weight is 396 g/mol. The Morgan fingerprint density at radius 1 is 0.962 bits per heavy atom. The number of hydrogen-bond donors (Lipinski definition) is 1. The molecule has 0 aliphatic rings. The highest BCUT2D eigenvalue weighted by atomic mass is 35.5. The molecule has 0 atom stereocenters. The molecular formula is C18H15Cl2NO5. The zero-order valence-corrected chi connectivity index (χ0v) is 15.3. The highest BCUT2D eigenvalue weighted by Gasteiger charge is 2.17. The SMILES string of the molecule is COC(=O)c1ccc(CNC(=O)COC(=O)c2c(Cl)cccc2Cl)cc1. The molecule has 0 saturated carbocycles. The molecule has 2 aromatic rings. The molecule has 0 aromatic heterocycles. The van der Waals surface area contributed by atoms with E-state index in [2.05, 4.69) is 10.1 Å². The largest absolute Gasteiger partial charge is 0.465 e. The van der Waals surface area contributed by atoms with Crippen molar-refractivity contribution in [3.63, 3.8) is 0 Å². The zero-order valence-electron chi connectivity index (χ0n) is 13.8. The van der Waals surface area contributed by atoms with E-state index in [-0.39, 0.29) is 22.2 Å². The van der Waals surface area contributed by atoms with Crippen LogP contribution in [0.25, 0.3) is 0 Å². The number of nitrogens with one attached hydrogen (secondary N) is 1. The fourth-order valence-corrected chi connectivity index (χ4v) is 2.58. The molecule has 0 aliphatic heterocycles. The monoisotopic (exact) mass is 395 g/mol. The number of halogens is 2. The lowest BCUT2D eigenvalue weighted by atomic mass is 10.1. The predicted molar refractivity (Wildman–Crippen MR) is 96.4 cm³/mol. The van der Waals surface area contributed by atoms with E-state index in [1.807, 2.05) is 0 Å². The van der Waals surface area contributed by atoms with Gasteiger partial charge in [-0.3, -0.25) is 4.79 Å². The number of methoxy groups -OCH3 is 1. The maximum atomic E-state index is 12.0. The summed E-state index contributed by atoms with van der Waals surface area (Å²) in [5, 5.41) is 2.89. The molecule has 26 heavy (non-hydrogen) atoms. The summed E-state index contributed by atoms with van der Waals surface area (Å²) in [7, 11) is 1.30. The summed E-state index contributed by atoms with van der Waals surface area (Å²) in [5.74, 6) is -1.71. The first-order valence-corrected chi connectivity index (χ1v) is 8.23. The van der Waals surface area contributed by atoms with Gasteiger partial charge < -0.3 is 14.8 Å². The minimum absolute atomic E-state index is 0.0158. The zero-order chi connectivity index (χ0) is 19.1. The maximum Gasteiger partial charge on any atom is 0.341 e. The van der Waals surface area contributed by atoms with Crippen molar-refractivity contribution in [2.45, 2.75) is 6.54 Å². The fourth-order valence-electron chi connectivity index (χ4n) is 2.02. The Bertz CT molecular complexity index is 801. The molecule has 0 aliphatic carbocycles. The number of esters is 2. The van der Waals surface area contributed by atoms with Crippen LogP contribution < -0.4 is 5.32 Å². The quantitative estimate of drug-likeness (QED) is 0.759. The second-order valence-corrected chi connectivity index (χ2v) is 5.95. The van der Waals surface area contributed by atoms with E-state index in [4.69, 9.17) is 27.9 Å². The van der Waals surface area contributed by atoms with Gasteiger partial charge in [-0.05, 0) is 29.8 Å². The number of carbonyl (C=O) groups excluding carboxylic acids is 3. The van der Waals surface area contributed by atoms with Gasteiger partial charge in [-0.2, -0.15) is 0 Å². The molecule has 6 nitrogen and oxygen atoms in total. The van der Waals surface area contributed by atoms with Crippen molar-refractivity contribution in [3.8, 4) is 0 Å². The van der Waals surface area contributed by atoms with Crippen LogP contribution in [-0.4, -0.2) is 31.6 Å². The molecule has 0 radical (unpaired) electrons. The molecule has 0 spiro atoms. The van der Waals surface area contributed by atoms with Gasteiger partial charge in [-0.15, -0.1) is 0 Å². The van der Waals surface area contributed by atoms with Gasteiger partial charge in [0.25, 0.3) is 5.91 Å². The van der Waals surface area contributed by atoms with E-state index in [0.717, 1.165) is 5.56 Å². The Hall–Kier alpha value is -2.57. The van der Waals surface area contributed by atoms with Crippen LogP contribution in [0.5, 0.6) is 0 Å². The van der Waals surface area contributed by atoms with Crippen molar-refractivity contribution in [1.82, 2.24) is 5.32 Å². The first-order chi connectivity index (χ1) is 12.4. The number of benzene rings is 2. The number of ether oxygens (including phenoxy) is 2. The number of carbonyl (C=O) groups is 3. The van der Waals surface area contributed by atoms with Crippen LogP contribution in [0.1, 0.15) is 26.3 Å². The molecule has 8 heteroatoms. The van der Waals surface area contributed by atoms with E-state index >= 15 is 0 Å². The van der Waals surface area contributed by atoms with Gasteiger partial charge in [-0.25, -0.2) is 9.59 Å². The van der Waals surface area contributed by atoms with Crippen molar-refractivity contribution >= 4 is 41.0 Å². The number of amides is 1. The van der Waals surface area contributed by atoms with Crippen molar-refractivity contribution in [3.05, 3.63) is 69.2 Å². The van der Waals surface area contributed by atoms with Gasteiger partial charge in [0, 0.05) is 6.54 Å². The summed E-state index contributed by atoms with van der Waals surface area (Å²) in [5.41, 5.74) is 1.20. The third-order valence-electron chi connectivity index (χ3n) is 3.37. The lowest BCUT2D eigenvalue weighted by molar-refractivity contribution is -0.124. The van der Waals surface area contributed by atoms with Crippen LogP contribution in [0, 0.1) is 0 Å². The molecule has 1 amide bonds. The first kappa shape index (κ1) is 19.8. The highest BCUT2D eigenvalue weighted by molar-refractivity contribution is 6.39. The van der Waals surface area contributed by atoms with Gasteiger partial charge in [0.05, 0.1) is 28.3 Å². The summed E-state index contributed by atoms with van der Waals surface area (Å²) in [4.78, 5) is 35.1. The smallest absolute Gasteiger partial charge is 0.341 e. The molecule has 0 unspecified atom stereocenters. The lowest BCUT2D eigenvalue weighted by Gasteiger charge is -2.09. The summed E-state index contributed by atoms with van der Waals surface area (Å²) in [6, 6.07) is 11.1. The third-order valence-corrected chi connectivity index (χ3v) is 4.00. The summed E-state index contributed by atoms with van der Waals surface area (Å²) >= 11 is 11.8. The second kappa shape index (κ2) is 9.22. The van der Waals surface area contributed by atoms with Crippen LogP contribution in [0.15, 0.2) is 42.5 Å². The van der Waals surface area contributed by atoms with E-state index < -0.39 is 24.5 Å². The Labute approximate surface area is 160 Å². The summed E-state index contributed by atoms with van der Waals surface area (Å²) < 4.78 is 9.53. The second-order valence-electron chi connectivity index (χ2n) is 5.14. The topological polar surface area (TPSA) is 81.7 Å². The molecular weight excluding hydrogens is 381 g/mol. The Morgan fingerprint density at radius 3 is 2.15 bits per heavy atom. The number of rotatable bonds is 6. The minimum Gasteiger partial charge on any atom is -0.465 e. The molecule has 0 saturated heterocycles. The van der Waals surface area contributed by atoms with Crippen LogP contribution in [0.3, 0.4) is 0 Å². The molecule has 2 aromatic carbocycles. The lowest BCUT2D eigenvalue weighted by Crippen LogP contribution is -2.28. The van der Waals surface area contributed by atoms with Gasteiger partial charge in [0.2, 0.25) is 0 Å². The van der Waals surface area contributed by atoms with Gasteiger partial charge in [0.1, 0.15) is 0 Å². The van der Waals surface area contributed by atoms with Crippen molar-refractivity contribution < 1.29 is 23.9 Å². The highest BCUT2D eigenvalue weighted by Crippen LogP contribution is 2.24. The summed E-state index contributed by atoms with van der Waals surface area (Å²) in [6.45, 7) is -0.259. The minimum atomic E-state index is -0.779. The van der Waals surface area contributed by atoms with Crippen molar-refractivity contribution in [2.24, 2.45) is 0 Å². The molecule has 0 bridgehead atoms. The third kappa shape index (κ3) is 5.21. The van der Waals surface area contributed by atoms with Crippen molar-refractivity contribution in [2.75, 3.05) is 13.7 Å². The molecule has 0 fully saturated rings. The molecule has 136 valence electrons. The van der Waals surface area contributed by atoms with E-state index in [1.165, 1.54) is 19.2 Å². The van der Waals surface area contributed by atoms with E-state index in [9.17, 15) is 14.4 Å². The van der Waals surface area contributed by atoms with E-state index in [1.54, 1.807) is 30.3 Å². The summed E-state index contributed by atoms with van der Waals surface area (Å²) in [6.07, 6.45) is 0. The van der Waals surface area contributed by atoms with Gasteiger partial charge in [-0.1, -0.05) is 41.4 Å². The van der Waals surface area contributed by atoms with Crippen LogP contribution >= 0.6 is 23.2 Å². The average Bonchev–Trinajstić information content (AvgIpc) is 2.64. The number of hydrogen-bond acceptors (Lipinski definition) is 5. The van der Waals surface area contributed by atoms with Crippen LogP contribution in [0.2, 0.25) is 10.0 Å². The maximum absolute atomic E-state index is 12.0. The van der Waals surface area contributed by atoms with E-state index in [0.29, 0.717) is 5.56 Å². The molecule has 1 N–H and O–H groups in total. The molecule has 2 rings (SSSR count).